The van der Waals surface area contributed by atoms with E-state index in [4.69, 9.17) is 5.11 Å². The Morgan fingerprint density at radius 3 is 3.11 bits per heavy atom. The predicted octanol–water partition coefficient (Wildman–Crippen LogP) is 1.50. The average Bonchev–Trinajstić information content (AvgIpc) is 2.86. The van der Waals surface area contributed by atoms with Gasteiger partial charge in [-0.05, 0) is 18.4 Å². The molecule has 1 fully saturated rings. The molecule has 0 spiro atoms. The van der Waals surface area contributed by atoms with Crippen molar-refractivity contribution in [3.8, 4) is 0 Å². The molecule has 3 rings (SSSR count). The molecule has 3 heterocycles. The molecule has 0 unspecified atom stereocenters. The van der Waals surface area contributed by atoms with Gasteiger partial charge in [0.2, 0.25) is 0 Å². The number of aromatic amines is 1. The third-order valence-electron chi connectivity index (χ3n) is 3.85. The van der Waals surface area contributed by atoms with Gasteiger partial charge in [0.25, 0.3) is 0 Å². The minimum absolute atomic E-state index is 0.121. The van der Waals surface area contributed by atoms with E-state index in [0.29, 0.717) is 13.0 Å². The number of carbonyl (C=O) groups is 1. The first-order valence-electron chi connectivity index (χ1n) is 6.42. The highest BCUT2D eigenvalue weighted by molar-refractivity contribution is 5.87. The molecule has 19 heavy (non-hydrogen) atoms. The van der Waals surface area contributed by atoms with Crippen molar-refractivity contribution >= 4 is 22.8 Å². The maximum atomic E-state index is 11.1. The van der Waals surface area contributed by atoms with E-state index in [1.807, 2.05) is 19.2 Å². The van der Waals surface area contributed by atoms with Gasteiger partial charge in [-0.2, -0.15) is 0 Å². The van der Waals surface area contributed by atoms with Crippen LogP contribution in [0.5, 0.6) is 0 Å². The van der Waals surface area contributed by atoms with Crippen molar-refractivity contribution in [2.75, 3.05) is 18.0 Å². The number of piperidine rings is 1. The summed E-state index contributed by atoms with van der Waals surface area (Å²) in [5, 5.41) is 10.1. The van der Waals surface area contributed by atoms with E-state index in [9.17, 15) is 4.79 Å². The molecular weight excluding hydrogens is 244 g/mol. The largest absolute Gasteiger partial charge is 0.481 e. The number of hydrogen-bond acceptors (Lipinski definition) is 4. The maximum Gasteiger partial charge on any atom is 0.306 e. The van der Waals surface area contributed by atoms with E-state index in [2.05, 4.69) is 19.9 Å². The molecule has 1 saturated heterocycles. The first-order chi connectivity index (χ1) is 9.16. The zero-order chi connectivity index (χ0) is 13.4. The lowest BCUT2D eigenvalue weighted by molar-refractivity contribution is -0.144. The summed E-state index contributed by atoms with van der Waals surface area (Å²) in [5.74, 6) is 0.0681. The van der Waals surface area contributed by atoms with Crippen LogP contribution in [-0.2, 0) is 4.79 Å². The molecule has 2 N–H and O–H groups in total. The van der Waals surface area contributed by atoms with Gasteiger partial charge < -0.3 is 15.0 Å². The molecule has 1 aliphatic heterocycles. The number of nitrogens with one attached hydrogen (secondary N) is 1. The molecule has 6 nitrogen and oxygen atoms in total. The highest BCUT2D eigenvalue weighted by Crippen LogP contribution is 2.29. The number of nitrogens with zero attached hydrogens (tertiary/aromatic N) is 3. The Bertz CT molecular complexity index is 609. The van der Waals surface area contributed by atoms with E-state index in [1.54, 1.807) is 6.33 Å². The third-order valence-corrected chi connectivity index (χ3v) is 3.85. The fourth-order valence-electron chi connectivity index (χ4n) is 2.82. The summed E-state index contributed by atoms with van der Waals surface area (Å²) in [5.41, 5.74) is 0.818. The number of aliphatic carboxylic acids is 1. The van der Waals surface area contributed by atoms with Crippen LogP contribution < -0.4 is 4.90 Å². The van der Waals surface area contributed by atoms with E-state index in [0.717, 1.165) is 23.4 Å². The number of hydrogen-bond donors (Lipinski definition) is 2. The van der Waals surface area contributed by atoms with Gasteiger partial charge in [0.1, 0.15) is 17.8 Å². The Labute approximate surface area is 110 Å². The molecule has 1 aliphatic rings. The molecule has 0 aromatic carbocycles. The molecule has 2 aromatic rings. The minimum atomic E-state index is -0.693. The average molecular weight is 260 g/mol. The summed E-state index contributed by atoms with van der Waals surface area (Å²) in [6.07, 6.45) is 4.05. The SMILES string of the molecule is C[C@@H]1CN(c2ncnc3[nH]ccc23)CC[C@@H]1C(=O)O. The van der Waals surface area contributed by atoms with Crippen molar-refractivity contribution in [2.45, 2.75) is 13.3 Å². The van der Waals surface area contributed by atoms with Crippen molar-refractivity contribution < 1.29 is 9.90 Å². The highest BCUT2D eigenvalue weighted by atomic mass is 16.4. The Balaban J connectivity index is 1.88. The van der Waals surface area contributed by atoms with Crippen LogP contribution in [-0.4, -0.2) is 39.1 Å². The van der Waals surface area contributed by atoms with Gasteiger partial charge in [-0.15, -0.1) is 0 Å². The van der Waals surface area contributed by atoms with Gasteiger partial charge in [-0.3, -0.25) is 4.79 Å². The zero-order valence-corrected chi connectivity index (χ0v) is 10.7. The Hall–Kier alpha value is -2.11. The molecule has 100 valence electrons. The molecular formula is C13H16N4O2. The van der Waals surface area contributed by atoms with Gasteiger partial charge in [-0.25, -0.2) is 9.97 Å². The lowest BCUT2D eigenvalue weighted by atomic mass is 9.87. The number of rotatable bonds is 2. The second-order valence-electron chi connectivity index (χ2n) is 5.09. The number of H-pyrrole nitrogens is 1. The van der Waals surface area contributed by atoms with Crippen LogP contribution in [0.25, 0.3) is 11.0 Å². The lowest BCUT2D eigenvalue weighted by Gasteiger charge is -2.35. The quantitative estimate of drug-likeness (QED) is 0.855. The van der Waals surface area contributed by atoms with Crippen LogP contribution in [0.4, 0.5) is 5.82 Å². The lowest BCUT2D eigenvalue weighted by Crippen LogP contribution is -2.42. The maximum absolute atomic E-state index is 11.1. The third kappa shape index (κ3) is 2.03. The summed E-state index contributed by atoms with van der Waals surface area (Å²) in [6.45, 7) is 3.42. The zero-order valence-electron chi connectivity index (χ0n) is 10.7. The highest BCUT2D eigenvalue weighted by Gasteiger charge is 2.32. The normalized spacial score (nSPS) is 23.7. The van der Waals surface area contributed by atoms with Crippen molar-refractivity contribution in [2.24, 2.45) is 11.8 Å². The van der Waals surface area contributed by atoms with Crippen molar-refractivity contribution in [1.29, 1.82) is 0 Å². The van der Waals surface area contributed by atoms with Crippen molar-refractivity contribution in [1.82, 2.24) is 15.0 Å². The van der Waals surface area contributed by atoms with Crippen LogP contribution in [0.2, 0.25) is 0 Å². The summed E-state index contributed by atoms with van der Waals surface area (Å²) in [4.78, 5) is 24.9. The smallest absolute Gasteiger partial charge is 0.306 e. The number of anilines is 1. The number of carboxylic acids is 1. The molecule has 0 saturated carbocycles. The monoisotopic (exact) mass is 260 g/mol. The second-order valence-corrected chi connectivity index (χ2v) is 5.09. The van der Waals surface area contributed by atoms with Gasteiger partial charge >= 0.3 is 5.97 Å². The first-order valence-corrected chi connectivity index (χ1v) is 6.42. The molecule has 0 aliphatic carbocycles. The first kappa shape index (κ1) is 12.0. The van der Waals surface area contributed by atoms with E-state index in [1.165, 1.54) is 0 Å². The fourth-order valence-corrected chi connectivity index (χ4v) is 2.82. The van der Waals surface area contributed by atoms with E-state index in [-0.39, 0.29) is 11.8 Å². The van der Waals surface area contributed by atoms with Crippen LogP contribution >= 0.6 is 0 Å². The molecule has 0 amide bonds. The van der Waals surface area contributed by atoms with Gasteiger partial charge in [0.15, 0.2) is 0 Å². The van der Waals surface area contributed by atoms with Crippen molar-refractivity contribution in [3.05, 3.63) is 18.6 Å². The van der Waals surface area contributed by atoms with Crippen LogP contribution in [0.15, 0.2) is 18.6 Å². The molecule has 2 aromatic heterocycles. The Morgan fingerprint density at radius 2 is 2.37 bits per heavy atom. The van der Waals surface area contributed by atoms with Gasteiger partial charge in [-0.1, -0.05) is 6.92 Å². The molecule has 2 atom stereocenters. The Kier molecular flexibility index (Phi) is 2.85. The number of carboxylic acid groups (broad SMARTS) is 1. The summed E-state index contributed by atoms with van der Waals surface area (Å²) in [6, 6.07) is 1.96. The molecule has 0 bridgehead atoms. The van der Waals surface area contributed by atoms with Crippen LogP contribution in [0, 0.1) is 11.8 Å². The summed E-state index contributed by atoms with van der Waals surface area (Å²) in [7, 11) is 0. The second kappa shape index (κ2) is 4.53. The predicted molar refractivity (Wildman–Crippen MR) is 71.0 cm³/mol. The number of aromatic nitrogens is 3. The standard InChI is InChI=1S/C13H16N4O2/c1-8-6-17(5-3-9(8)13(18)19)12-10-2-4-14-11(10)15-7-16-12/h2,4,7-9H,3,5-6H2,1H3,(H,18,19)(H,14,15,16)/t8-,9+/m1/s1. The summed E-state index contributed by atoms with van der Waals surface area (Å²) >= 11 is 0. The Morgan fingerprint density at radius 1 is 1.53 bits per heavy atom. The fraction of sp³-hybridized carbons (Fsp3) is 0.462. The van der Waals surface area contributed by atoms with Crippen LogP contribution in [0.1, 0.15) is 13.3 Å². The number of fused-ring (bicyclic) bond motifs is 1. The minimum Gasteiger partial charge on any atom is -0.481 e. The van der Waals surface area contributed by atoms with E-state index >= 15 is 0 Å². The van der Waals surface area contributed by atoms with Gasteiger partial charge in [0, 0.05) is 19.3 Å². The van der Waals surface area contributed by atoms with Crippen molar-refractivity contribution in [3.63, 3.8) is 0 Å². The van der Waals surface area contributed by atoms with E-state index < -0.39 is 5.97 Å². The molecule has 6 heteroatoms. The van der Waals surface area contributed by atoms with Gasteiger partial charge in [0.05, 0.1) is 11.3 Å². The van der Waals surface area contributed by atoms with Crippen LogP contribution in [0.3, 0.4) is 0 Å². The summed E-state index contributed by atoms with van der Waals surface area (Å²) < 4.78 is 0. The molecule has 0 radical (unpaired) electrons. The topological polar surface area (TPSA) is 82.1 Å².